The molecule has 0 saturated carbocycles. The third kappa shape index (κ3) is 5.29. The number of hydrogen-bond donors (Lipinski definition) is 1. The van der Waals surface area contributed by atoms with Crippen molar-refractivity contribution < 1.29 is 14.3 Å². The van der Waals surface area contributed by atoms with E-state index in [0.717, 1.165) is 33.8 Å². The highest BCUT2D eigenvalue weighted by Crippen LogP contribution is 2.27. The van der Waals surface area contributed by atoms with Crippen LogP contribution in [0.25, 0.3) is 10.6 Å². The number of anilines is 1. The van der Waals surface area contributed by atoms with Crippen molar-refractivity contribution in [3.8, 4) is 10.6 Å². The van der Waals surface area contributed by atoms with E-state index in [0.29, 0.717) is 5.92 Å². The fourth-order valence-electron chi connectivity index (χ4n) is 2.85. The number of benzene rings is 2. The number of nitrogens with one attached hydrogen (secondary N) is 1. The van der Waals surface area contributed by atoms with E-state index in [1.807, 2.05) is 55.5 Å². The molecular formula is C23H24N2O3S. The molecule has 0 aliphatic rings. The Morgan fingerprint density at radius 3 is 2.59 bits per heavy atom. The summed E-state index contributed by atoms with van der Waals surface area (Å²) in [5.74, 6) is -0.655. The van der Waals surface area contributed by atoms with E-state index in [-0.39, 0.29) is 18.2 Å². The highest BCUT2D eigenvalue weighted by atomic mass is 32.1. The fourth-order valence-corrected chi connectivity index (χ4v) is 3.64. The number of nitrogens with zero attached hydrogens (tertiary/aromatic N) is 1. The molecule has 3 aromatic rings. The molecule has 0 bridgehead atoms. The normalized spacial score (nSPS) is 11.7. The molecule has 2 aromatic carbocycles. The molecule has 3 rings (SSSR count). The Morgan fingerprint density at radius 1 is 1.14 bits per heavy atom. The number of thiazole rings is 1. The average molecular weight is 409 g/mol. The Balaban J connectivity index is 1.59. The first kappa shape index (κ1) is 20.7. The first-order chi connectivity index (χ1) is 14.0. The highest BCUT2D eigenvalue weighted by molar-refractivity contribution is 7.13. The summed E-state index contributed by atoms with van der Waals surface area (Å²) in [6.07, 6.45) is 0.967. The summed E-state index contributed by atoms with van der Waals surface area (Å²) in [6.45, 7) is 5.87. The average Bonchev–Trinajstić information content (AvgIpc) is 3.23. The zero-order chi connectivity index (χ0) is 20.8. The Labute approximate surface area is 174 Å². The smallest absolute Gasteiger partial charge is 0.358 e. The van der Waals surface area contributed by atoms with E-state index >= 15 is 0 Å². The molecule has 0 radical (unpaired) electrons. The van der Waals surface area contributed by atoms with E-state index in [9.17, 15) is 9.59 Å². The minimum absolute atomic E-state index is 0.207. The van der Waals surface area contributed by atoms with Crippen LogP contribution in [0.5, 0.6) is 0 Å². The fraction of sp³-hybridized carbons (Fsp3) is 0.261. The minimum atomic E-state index is -0.607. The van der Waals surface area contributed by atoms with Crippen molar-refractivity contribution in [2.75, 3.05) is 11.9 Å². The lowest BCUT2D eigenvalue weighted by molar-refractivity contribution is -0.119. The summed E-state index contributed by atoms with van der Waals surface area (Å²) in [4.78, 5) is 28.9. The van der Waals surface area contributed by atoms with Crippen LogP contribution in [-0.2, 0) is 9.53 Å². The van der Waals surface area contributed by atoms with Gasteiger partial charge in [-0.15, -0.1) is 11.3 Å². The molecule has 1 atom stereocenters. The van der Waals surface area contributed by atoms with Crippen molar-refractivity contribution in [3.05, 3.63) is 70.7 Å². The monoisotopic (exact) mass is 408 g/mol. The van der Waals surface area contributed by atoms with Gasteiger partial charge >= 0.3 is 5.97 Å². The van der Waals surface area contributed by atoms with Gasteiger partial charge in [0.05, 0.1) is 0 Å². The van der Waals surface area contributed by atoms with Crippen LogP contribution in [0.1, 0.15) is 47.8 Å². The van der Waals surface area contributed by atoms with Gasteiger partial charge in [0, 0.05) is 16.6 Å². The van der Waals surface area contributed by atoms with Crippen molar-refractivity contribution in [1.82, 2.24) is 4.98 Å². The number of para-hydroxylation sites is 1. The molecule has 0 spiro atoms. The maximum atomic E-state index is 12.3. The van der Waals surface area contributed by atoms with Gasteiger partial charge < -0.3 is 10.1 Å². The maximum Gasteiger partial charge on any atom is 0.358 e. The number of amides is 1. The van der Waals surface area contributed by atoms with Gasteiger partial charge in [0.2, 0.25) is 0 Å². The zero-order valence-corrected chi connectivity index (χ0v) is 17.6. The van der Waals surface area contributed by atoms with Crippen molar-refractivity contribution >= 4 is 28.9 Å². The molecular weight excluding hydrogens is 384 g/mol. The quantitative estimate of drug-likeness (QED) is 0.530. The van der Waals surface area contributed by atoms with Gasteiger partial charge in [-0.05, 0) is 30.9 Å². The van der Waals surface area contributed by atoms with Crippen molar-refractivity contribution in [2.24, 2.45) is 0 Å². The number of carbonyl (C=O) groups excluding carboxylic acids is 2. The van der Waals surface area contributed by atoms with Crippen LogP contribution in [0.2, 0.25) is 0 Å². The van der Waals surface area contributed by atoms with Crippen LogP contribution in [0.3, 0.4) is 0 Å². The molecule has 150 valence electrons. The number of carbonyl (C=O) groups is 2. The third-order valence-corrected chi connectivity index (χ3v) is 5.62. The standard InChI is InChI=1S/C23H24N2O3S/c1-4-16(3)18-7-5-6-8-19(18)24-21(26)13-28-23(27)20-14-29-22(25-20)17-11-9-15(2)10-12-17/h5-12,14,16H,4,13H2,1-3H3,(H,24,26)/t16-/m0/s1. The largest absolute Gasteiger partial charge is 0.451 e. The predicted molar refractivity (Wildman–Crippen MR) is 116 cm³/mol. The lowest BCUT2D eigenvalue weighted by atomic mass is 9.97. The predicted octanol–water partition coefficient (Wildman–Crippen LogP) is 5.43. The molecule has 0 saturated heterocycles. The number of ether oxygens (including phenoxy) is 1. The van der Waals surface area contributed by atoms with Crippen LogP contribution in [0.4, 0.5) is 5.69 Å². The molecule has 0 aliphatic heterocycles. The van der Waals surface area contributed by atoms with E-state index in [2.05, 4.69) is 24.1 Å². The second kappa shape index (κ2) is 9.47. The van der Waals surface area contributed by atoms with Crippen LogP contribution < -0.4 is 5.32 Å². The Morgan fingerprint density at radius 2 is 1.86 bits per heavy atom. The van der Waals surface area contributed by atoms with Gasteiger partial charge in [0.25, 0.3) is 5.91 Å². The van der Waals surface area contributed by atoms with Crippen LogP contribution in [0.15, 0.2) is 53.9 Å². The lowest BCUT2D eigenvalue weighted by Crippen LogP contribution is -2.22. The molecule has 0 aliphatic carbocycles. The van der Waals surface area contributed by atoms with Crippen molar-refractivity contribution in [1.29, 1.82) is 0 Å². The molecule has 0 unspecified atom stereocenters. The summed E-state index contributed by atoms with van der Waals surface area (Å²) in [7, 11) is 0. The van der Waals surface area contributed by atoms with Gasteiger partial charge in [-0.1, -0.05) is 61.9 Å². The van der Waals surface area contributed by atoms with Gasteiger partial charge in [-0.2, -0.15) is 0 Å². The van der Waals surface area contributed by atoms with Gasteiger partial charge in [-0.3, -0.25) is 4.79 Å². The summed E-state index contributed by atoms with van der Waals surface area (Å²) >= 11 is 1.37. The van der Waals surface area contributed by atoms with Crippen LogP contribution >= 0.6 is 11.3 Å². The summed E-state index contributed by atoms with van der Waals surface area (Å²) in [6, 6.07) is 15.6. The molecule has 0 fully saturated rings. The lowest BCUT2D eigenvalue weighted by Gasteiger charge is -2.15. The first-order valence-electron chi connectivity index (χ1n) is 9.56. The Hall–Kier alpha value is -2.99. The van der Waals surface area contributed by atoms with Crippen LogP contribution in [-0.4, -0.2) is 23.5 Å². The van der Waals surface area contributed by atoms with E-state index in [1.54, 1.807) is 5.38 Å². The molecule has 1 aromatic heterocycles. The molecule has 1 amide bonds. The number of rotatable bonds is 7. The number of hydrogen-bond acceptors (Lipinski definition) is 5. The topological polar surface area (TPSA) is 68.3 Å². The maximum absolute atomic E-state index is 12.3. The van der Waals surface area contributed by atoms with E-state index in [1.165, 1.54) is 11.3 Å². The highest BCUT2D eigenvalue weighted by Gasteiger charge is 2.16. The second-order valence-corrected chi connectivity index (χ2v) is 7.78. The molecule has 1 N–H and O–H groups in total. The van der Waals surface area contributed by atoms with Gasteiger partial charge in [0.15, 0.2) is 12.3 Å². The number of aromatic nitrogens is 1. The summed E-state index contributed by atoms with van der Waals surface area (Å²) in [5.41, 5.74) is 4.12. The molecule has 1 heterocycles. The minimum Gasteiger partial charge on any atom is -0.451 e. The van der Waals surface area contributed by atoms with Gasteiger partial charge in [-0.25, -0.2) is 9.78 Å². The summed E-state index contributed by atoms with van der Waals surface area (Å²) in [5, 5.41) is 5.22. The second-order valence-electron chi connectivity index (χ2n) is 6.92. The third-order valence-electron chi connectivity index (χ3n) is 4.72. The van der Waals surface area contributed by atoms with Crippen molar-refractivity contribution in [3.63, 3.8) is 0 Å². The van der Waals surface area contributed by atoms with Crippen molar-refractivity contribution in [2.45, 2.75) is 33.1 Å². The Kier molecular flexibility index (Phi) is 6.77. The zero-order valence-electron chi connectivity index (χ0n) is 16.8. The summed E-state index contributed by atoms with van der Waals surface area (Å²) < 4.78 is 5.15. The van der Waals surface area contributed by atoms with Crippen LogP contribution in [0, 0.1) is 6.92 Å². The van der Waals surface area contributed by atoms with Gasteiger partial charge in [0.1, 0.15) is 5.01 Å². The number of esters is 1. The molecule has 6 heteroatoms. The first-order valence-corrected chi connectivity index (χ1v) is 10.4. The molecule has 5 nitrogen and oxygen atoms in total. The molecule has 29 heavy (non-hydrogen) atoms. The Bertz CT molecular complexity index is 995. The number of aryl methyl sites for hydroxylation is 1. The van der Waals surface area contributed by atoms with E-state index < -0.39 is 5.97 Å². The SMILES string of the molecule is CC[C@H](C)c1ccccc1NC(=O)COC(=O)c1csc(-c2ccc(C)cc2)n1. The van der Waals surface area contributed by atoms with E-state index in [4.69, 9.17) is 4.74 Å².